The fourth-order valence-electron chi connectivity index (χ4n) is 8.07. The average molecular weight is 959 g/mol. The Labute approximate surface area is 379 Å². The molecule has 3 heterocycles. The molecule has 0 saturated carbocycles. The molecule has 0 fully saturated rings. The highest BCUT2D eigenvalue weighted by Crippen LogP contribution is 2.51. The van der Waals surface area contributed by atoms with Gasteiger partial charge in [0.05, 0.1) is 31.2 Å². The number of rotatable bonds is 21. The number of carbonyl (C=O) groups is 3. The molecule has 1 atom stereocenters. The van der Waals surface area contributed by atoms with Crippen molar-refractivity contribution in [1.29, 1.82) is 0 Å². The van der Waals surface area contributed by atoms with Crippen molar-refractivity contribution in [2.75, 3.05) is 62.8 Å². The topological polar surface area (TPSA) is 267 Å². The number of amides is 3. The normalized spacial score (nSPS) is 18.1. The van der Waals surface area contributed by atoms with E-state index in [2.05, 4.69) is 5.32 Å². The second-order valence-electron chi connectivity index (χ2n) is 17.1. The van der Waals surface area contributed by atoms with Crippen LogP contribution in [0.4, 0.5) is 5.69 Å². The Bertz CT molecular complexity index is 2750. The molecule has 1 aromatic rings. The third-order valence-corrected chi connectivity index (χ3v) is 13.7. The highest BCUT2D eigenvalue weighted by molar-refractivity contribution is 7.86. The number of allylic oxidation sites excluding steroid dienone is 3. The fourth-order valence-corrected chi connectivity index (χ4v) is 9.53. The summed E-state index contributed by atoms with van der Waals surface area (Å²) in [6, 6.07) is 11.4. The number of anilines is 1. The number of fused-ring (bicyclic) bond motifs is 2. The number of benzene rings is 2. The maximum absolute atomic E-state index is 13.0. The highest BCUT2D eigenvalue weighted by Gasteiger charge is 2.43. The highest BCUT2D eigenvalue weighted by atomic mass is 32.2. The lowest BCUT2D eigenvalue weighted by atomic mass is 9.77. The minimum absolute atomic E-state index is 0.00364. The van der Waals surface area contributed by atoms with Crippen molar-refractivity contribution in [2.24, 2.45) is 0 Å². The van der Waals surface area contributed by atoms with Gasteiger partial charge < -0.3 is 33.0 Å². The number of nitrogens with zero attached hydrogens (tertiary/aromatic N) is 3. The van der Waals surface area contributed by atoms with Gasteiger partial charge in [-0.1, -0.05) is 26.8 Å². The zero-order valence-electron chi connectivity index (χ0n) is 36.9. The van der Waals surface area contributed by atoms with Crippen LogP contribution < -0.4 is 20.1 Å². The van der Waals surface area contributed by atoms with E-state index in [9.17, 15) is 53.3 Å². The summed E-state index contributed by atoms with van der Waals surface area (Å²) in [7, 11) is -12.4. The second kappa shape index (κ2) is 20.6. The molecule has 0 bridgehead atoms. The third kappa shape index (κ3) is 13.5. The first-order valence-corrected chi connectivity index (χ1v) is 25.5. The van der Waals surface area contributed by atoms with Gasteiger partial charge in [0.15, 0.2) is 6.54 Å². The van der Waals surface area contributed by atoms with Gasteiger partial charge in [-0.2, -0.15) is 0 Å². The molecular weight excluding hydrogens is 905 g/mol. The number of hydrogen-bond donors (Lipinski definition) is 1. The van der Waals surface area contributed by atoms with E-state index in [0.29, 0.717) is 47.0 Å². The van der Waals surface area contributed by atoms with Gasteiger partial charge in [0.2, 0.25) is 11.3 Å². The zero-order valence-corrected chi connectivity index (χ0v) is 39.4. The van der Waals surface area contributed by atoms with E-state index in [1.54, 1.807) is 30.2 Å². The Morgan fingerprint density at radius 3 is 2.18 bits per heavy atom. The lowest BCUT2D eigenvalue weighted by Crippen LogP contribution is -2.38. The van der Waals surface area contributed by atoms with Gasteiger partial charge in [0.25, 0.3) is 11.8 Å². The Morgan fingerprint density at radius 2 is 1.55 bits per heavy atom. The van der Waals surface area contributed by atoms with Crippen LogP contribution in [0, 0.1) is 0 Å². The van der Waals surface area contributed by atoms with Gasteiger partial charge >= 0.3 is 0 Å². The van der Waals surface area contributed by atoms with E-state index in [1.165, 1.54) is 12.1 Å². The first kappa shape index (κ1) is 51.0. The molecule has 21 heteroatoms. The van der Waals surface area contributed by atoms with E-state index < -0.39 is 64.0 Å². The Hall–Kier alpha value is -5.03. The monoisotopic (exact) mass is 958 g/mol. The second-order valence-corrected chi connectivity index (χ2v) is 21.5. The van der Waals surface area contributed by atoms with Crippen molar-refractivity contribution in [3.05, 3.63) is 94.7 Å². The van der Waals surface area contributed by atoms with Crippen molar-refractivity contribution < 1.29 is 62.4 Å². The lowest BCUT2D eigenvalue weighted by Gasteiger charge is -2.30. The van der Waals surface area contributed by atoms with Crippen LogP contribution in [0.15, 0.2) is 81.8 Å². The van der Waals surface area contributed by atoms with Crippen LogP contribution in [-0.2, 0) is 60.3 Å². The Morgan fingerprint density at radius 1 is 0.877 bits per heavy atom. The summed E-state index contributed by atoms with van der Waals surface area (Å²) in [5, 5.41) is 3.41. The molecule has 3 aliphatic heterocycles. The molecule has 4 aliphatic rings. The van der Waals surface area contributed by atoms with Crippen molar-refractivity contribution in [2.45, 2.75) is 75.5 Å². The van der Waals surface area contributed by atoms with Crippen LogP contribution in [0.25, 0.3) is 17.4 Å². The van der Waals surface area contributed by atoms with Crippen molar-refractivity contribution >= 4 is 59.8 Å². The molecule has 1 N–H and O–H groups in total. The van der Waals surface area contributed by atoms with E-state index in [0.717, 1.165) is 34.2 Å². The Kier molecular flexibility index (Phi) is 16.2. The van der Waals surface area contributed by atoms with E-state index in [4.69, 9.17) is 9.15 Å². The summed E-state index contributed by atoms with van der Waals surface area (Å²) in [6.45, 7) is 8.98. The largest absolute Gasteiger partial charge is 0.748 e. The van der Waals surface area contributed by atoms with Crippen molar-refractivity contribution in [3.63, 3.8) is 0 Å². The number of nitrogens with one attached hydrogen (secondary N) is 1. The van der Waals surface area contributed by atoms with Gasteiger partial charge in [-0.05, 0) is 85.2 Å². The number of imide groups is 1. The van der Waals surface area contributed by atoms with Crippen molar-refractivity contribution in [1.82, 2.24) is 14.8 Å². The SMILES string of the molecule is COCC[N+](CCCS(=O)(=O)[O-])=c1ccc2c(C(C)(C)C)cc(/C=C/C=C3/N(CCCS(=O)(=O)[O-])c4ccc(S(=O)(=O)[O-])cc4C3(C)CCCC(=O)NCCN3C(=O)C=CC3=O)oc-2c1. The molecule has 0 aromatic heterocycles. The maximum atomic E-state index is 13.0. The van der Waals surface area contributed by atoms with E-state index >= 15 is 0 Å². The third-order valence-electron chi connectivity index (χ3n) is 11.3. The number of carbonyl (C=O) groups excluding carboxylic acids is 3. The summed E-state index contributed by atoms with van der Waals surface area (Å²) in [5.41, 5.74) is 1.79. The summed E-state index contributed by atoms with van der Waals surface area (Å²) in [4.78, 5) is 39.1. The zero-order chi connectivity index (χ0) is 48.0. The molecule has 0 radical (unpaired) electrons. The summed E-state index contributed by atoms with van der Waals surface area (Å²) in [6.07, 6.45) is 7.95. The minimum Gasteiger partial charge on any atom is -0.748 e. The molecule has 354 valence electrons. The maximum Gasteiger partial charge on any atom is 0.253 e. The smallest absolute Gasteiger partial charge is 0.253 e. The molecule has 0 saturated heterocycles. The molecular formula is C44H54N4O14S3-2. The quantitative estimate of drug-likeness (QED) is 0.0914. The number of ether oxygens (including phenoxy) is 1. The minimum atomic E-state index is -4.92. The molecule has 1 aliphatic carbocycles. The van der Waals surface area contributed by atoms with Gasteiger partial charge in [0.1, 0.15) is 34.8 Å². The average Bonchev–Trinajstić information content (AvgIpc) is 3.64. The number of hydrogen-bond acceptors (Lipinski definition) is 15. The first-order chi connectivity index (χ1) is 30.3. The summed E-state index contributed by atoms with van der Waals surface area (Å²) >= 11 is 0. The molecule has 1 unspecified atom stereocenters. The van der Waals surface area contributed by atoms with Gasteiger partial charge in [-0.25, -0.2) is 29.8 Å². The predicted molar refractivity (Wildman–Crippen MR) is 238 cm³/mol. The van der Waals surface area contributed by atoms with E-state index in [-0.39, 0.29) is 69.6 Å². The molecule has 5 rings (SSSR count). The lowest BCUT2D eigenvalue weighted by molar-refractivity contribution is -0.137. The Balaban J connectivity index is 1.55. The van der Waals surface area contributed by atoms with Crippen molar-refractivity contribution in [3.8, 4) is 11.3 Å². The fraction of sp³-hybridized carbons (Fsp3) is 0.455. The predicted octanol–water partition coefficient (Wildman–Crippen LogP) is 2.76. The van der Waals surface area contributed by atoms with Gasteiger partial charge in [-0.3, -0.25) is 19.3 Å². The van der Waals surface area contributed by atoms with Gasteiger partial charge in [0, 0.05) is 91.7 Å². The van der Waals surface area contributed by atoms with Crippen LogP contribution in [0.5, 0.6) is 0 Å². The number of methoxy groups -OCH3 is 1. The summed E-state index contributed by atoms with van der Waals surface area (Å²) in [5.74, 6) is -1.58. The first-order valence-electron chi connectivity index (χ1n) is 20.9. The molecule has 65 heavy (non-hydrogen) atoms. The summed E-state index contributed by atoms with van der Waals surface area (Å²) < 4.78 is 120. The molecule has 3 amide bonds. The van der Waals surface area contributed by atoms with Crippen LogP contribution >= 0.6 is 0 Å². The van der Waals surface area contributed by atoms with Crippen LogP contribution in [0.1, 0.15) is 76.7 Å². The van der Waals surface area contributed by atoms with E-state index in [1.807, 2.05) is 56.5 Å². The molecule has 1 aromatic carbocycles. The van der Waals surface area contributed by atoms with Crippen LogP contribution in [-0.4, -0.2) is 119 Å². The van der Waals surface area contributed by atoms with Gasteiger partial charge in [-0.15, -0.1) is 0 Å². The molecule has 18 nitrogen and oxygen atoms in total. The van der Waals surface area contributed by atoms with Crippen LogP contribution in [0.3, 0.4) is 0 Å². The standard InChI is InChI=1S/C44H56N4O14S3/c1-43(2,3)35-29-32(62-38-28-31(13-15-34(35)38)46(24-25-61-5)21-8-26-63(52,53)54)10-6-11-39-44(4,19-7-12-40(49)45-20-23-48-41(50)17-18-42(48)51)36-30-33(65(58,59)60)14-16-37(36)47(39)22-9-27-64(55,56)57/h6,10-11,13-18,28-30H,7-9,12,19-27H2,1-5H3,(H3-,45,49,52,53,54,55,56,57,58,59,60)/p-2. The van der Waals surface area contributed by atoms with Crippen LogP contribution in [0.2, 0.25) is 0 Å². The molecule has 0 spiro atoms.